The molecule has 3 nitrogen and oxygen atoms in total. The molecule has 86 valence electrons. The van der Waals surface area contributed by atoms with Crippen molar-refractivity contribution in [2.75, 3.05) is 6.54 Å². The van der Waals surface area contributed by atoms with Crippen molar-refractivity contribution in [3.8, 4) is 0 Å². The average Bonchev–Trinajstić information content (AvgIpc) is 2.63. The van der Waals surface area contributed by atoms with Gasteiger partial charge in [0.05, 0.1) is 0 Å². The zero-order valence-corrected chi connectivity index (χ0v) is 10.6. The first kappa shape index (κ1) is 12.6. The van der Waals surface area contributed by atoms with Crippen LogP contribution in [0.4, 0.5) is 0 Å². The van der Waals surface area contributed by atoms with Crippen LogP contribution in [0.2, 0.25) is 0 Å². The van der Waals surface area contributed by atoms with Gasteiger partial charge < -0.3 is 11.1 Å². The van der Waals surface area contributed by atoms with E-state index in [2.05, 4.69) is 29.5 Å². The Morgan fingerprint density at radius 3 is 2.87 bits per heavy atom. The minimum Gasteiger partial charge on any atom is -0.326 e. The molecule has 4 heteroatoms. The monoisotopic (exact) mass is 227 g/mol. The quantitative estimate of drug-likeness (QED) is 0.780. The molecule has 15 heavy (non-hydrogen) atoms. The summed E-state index contributed by atoms with van der Waals surface area (Å²) in [5, 5.41) is 6.57. The van der Waals surface area contributed by atoms with Crippen molar-refractivity contribution in [1.29, 1.82) is 0 Å². The van der Waals surface area contributed by atoms with Gasteiger partial charge in [-0.1, -0.05) is 20.3 Å². The van der Waals surface area contributed by atoms with Gasteiger partial charge in [-0.15, -0.1) is 11.3 Å². The summed E-state index contributed by atoms with van der Waals surface area (Å²) in [6, 6.07) is 0.246. The van der Waals surface area contributed by atoms with E-state index in [0.717, 1.165) is 30.2 Å². The van der Waals surface area contributed by atoms with Crippen molar-refractivity contribution in [2.24, 2.45) is 11.7 Å². The zero-order valence-electron chi connectivity index (χ0n) is 9.79. The van der Waals surface area contributed by atoms with Crippen molar-refractivity contribution < 1.29 is 0 Å². The van der Waals surface area contributed by atoms with E-state index in [1.165, 1.54) is 0 Å². The summed E-state index contributed by atoms with van der Waals surface area (Å²) in [7, 11) is 0. The smallest absolute Gasteiger partial charge is 0.107 e. The van der Waals surface area contributed by atoms with E-state index in [4.69, 9.17) is 5.73 Å². The minimum absolute atomic E-state index is 0.246. The number of rotatable bonds is 6. The van der Waals surface area contributed by atoms with Gasteiger partial charge in [0, 0.05) is 30.2 Å². The Morgan fingerprint density at radius 1 is 1.60 bits per heavy atom. The number of aryl methyl sites for hydroxylation is 1. The van der Waals surface area contributed by atoms with Crippen LogP contribution in [0, 0.1) is 12.8 Å². The molecule has 1 aromatic heterocycles. The van der Waals surface area contributed by atoms with E-state index in [-0.39, 0.29) is 6.04 Å². The molecule has 0 amide bonds. The average molecular weight is 227 g/mol. The number of hydrogen-bond acceptors (Lipinski definition) is 4. The fraction of sp³-hybridized carbons (Fsp3) is 0.727. The van der Waals surface area contributed by atoms with Crippen LogP contribution in [0.3, 0.4) is 0 Å². The molecular formula is C11H21N3S. The molecule has 1 rings (SSSR count). The Bertz CT molecular complexity index is 285. The number of thiazole rings is 1. The molecular weight excluding hydrogens is 206 g/mol. The normalized spacial score (nSPS) is 15.2. The van der Waals surface area contributed by atoms with Crippen LogP contribution in [0.15, 0.2) is 5.38 Å². The lowest BCUT2D eigenvalue weighted by Gasteiger charge is -2.18. The van der Waals surface area contributed by atoms with Crippen LogP contribution < -0.4 is 11.1 Å². The second kappa shape index (κ2) is 6.20. The third kappa shape index (κ3) is 4.28. The van der Waals surface area contributed by atoms with Crippen LogP contribution >= 0.6 is 11.3 Å². The predicted octanol–water partition coefficient (Wildman–Crippen LogP) is 1.91. The largest absolute Gasteiger partial charge is 0.326 e. The molecule has 0 aliphatic heterocycles. The van der Waals surface area contributed by atoms with E-state index in [1.807, 2.05) is 6.92 Å². The van der Waals surface area contributed by atoms with Gasteiger partial charge in [0.15, 0.2) is 0 Å². The highest BCUT2D eigenvalue weighted by atomic mass is 32.1. The van der Waals surface area contributed by atoms with E-state index >= 15 is 0 Å². The summed E-state index contributed by atoms with van der Waals surface area (Å²) in [5.41, 5.74) is 7.12. The molecule has 0 aliphatic carbocycles. The fourth-order valence-electron chi connectivity index (χ4n) is 1.33. The van der Waals surface area contributed by atoms with E-state index in [0.29, 0.717) is 5.92 Å². The topological polar surface area (TPSA) is 50.9 Å². The predicted molar refractivity (Wildman–Crippen MR) is 66.0 cm³/mol. The molecule has 2 atom stereocenters. The van der Waals surface area contributed by atoms with Gasteiger partial charge in [0.2, 0.25) is 0 Å². The van der Waals surface area contributed by atoms with Crippen molar-refractivity contribution in [3.05, 3.63) is 16.1 Å². The summed E-state index contributed by atoms with van der Waals surface area (Å²) in [5.74, 6) is 0.579. The summed E-state index contributed by atoms with van der Waals surface area (Å²) >= 11 is 1.70. The molecule has 0 spiro atoms. The van der Waals surface area contributed by atoms with Gasteiger partial charge in [-0.3, -0.25) is 0 Å². The molecule has 0 saturated heterocycles. The lowest BCUT2D eigenvalue weighted by molar-refractivity contribution is 0.418. The second-order valence-electron chi connectivity index (χ2n) is 4.06. The third-order valence-corrected chi connectivity index (χ3v) is 3.66. The number of hydrogen-bond donors (Lipinski definition) is 2. The highest BCUT2D eigenvalue weighted by Crippen LogP contribution is 2.08. The molecule has 0 saturated carbocycles. The van der Waals surface area contributed by atoms with Crippen LogP contribution in [0.5, 0.6) is 0 Å². The third-order valence-electron chi connectivity index (χ3n) is 2.70. The van der Waals surface area contributed by atoms with E-state index in [9.17, 15) is 0 Å². The van der Waals surface area contributed by atoms with Crippen LogP contribution in [-0.4, -0.2) is 17.6 Å². The maximum absolute atomic E-state index is 6.02. The summed E-state index contributed by atoms with van der Waals surface area (Å²) in [6.45, 7) is 8.09. The number of nitrogens with zero attached hydrogens (tertiary/aromatic N) is 1. The maximum Gasteiger partial charge on any atom is 0.107 e. The second-order valence-corrected chi connectivity index (χ2v) is 5.01. The van der Waals surface area contributed by atoms with Crippen molar-refractivity contribution >= 4 is 11.3 Å². The van der Waals surface area contributed by atoms with Gasteiger partial charge in [-0.2, -0.15) is 0 Å². The molecule has 0 aromatic carbocycles. The lowest BCUT2D eigenvalue weighted by atomic mass is 10.0. The minimum atomic E-state index is 0.246. The van der Waals surface area contributed by atoms with E-state index < -0.39 is 0 Å². The summed E-state index contributed by atoms with van der Waals surface area (Å²) in [6.07, 6.45) is 1.14. The number of aromatic nitrogens is 1. The molecule has 1 heterocycles. The van der Waals surface area contributed by atoms with Crippen molar-refractivity contribution in [1.82, 2.24) is 10.3 Å². The highest BCUT2D eigenvalue weighted by Gasteiger charge is 2.09. The summed E-state index contributed by atoms with van der Waals surface area (Å²) in [4.78, 5) is 4.39. The molecule has 0 fully saturated rings. The van der Waals surface area contributed by atoms with Gasteiger partial charge in [0.1, 0.15) is 5.01 Å². The van der Waals surface area contributed by atoms with Gasteiger partial charge in [-0.05, 0) is 12.8 Å². The Labute approximate surface area is 96.1 Å². The first-order valence-electron chi connectivity index (χ1n) is 5.50. The SMILES string of the molecule is CCC(C)C(N)CNCc1nc(C)cs1. The molecule has 0 aliphatic rings. The van der Waals surface area contributed by atoms with Crippen molar-refractivity contribution in [3.63, 3.8) is 0 Å². The Hall–Kier alpha value is -0.450. The highest BCUT2D eigenvalue weighted by molar-refractivity contribution is 7.09. The molecule has 1 aromatic rings. The molecule has 3 N–H and O–H groups in total. The Kier molecular flexibility index (Phi) is 5.22. The van der Waals surface area contributed by atoms with E-state index in [1.54, 1.807) is 11.3 Å². The van der Waals surface area contributed by atoms with Crippen LogP contribution in [-0.2, 0) is 6.54 Å². The van der Waals surface area contributed by atoms with Gasteiger partial charge >= 0.3 is 0 Å². The van der Waals surface area contributed by atoms with Crippen LogP contribution in [0.25, 0.3) is 0 Å². The first-order chi connectivity index (χ1) is 7.13. The Morgan fingerprint density at radius 2 is 2.33 bits per heavy atom. The van der Waals surface area contributed by atoms with Gasteiger partial charge in [0.25, 0.3) is 0 Å². The van der Waals surface area contributed by atoms with Gasteiger partial charge in [-0.25, -0.2) is 4.98 Å². The first-order valence-corrected chi connectivity index (χ1v) is 6.38. The fourth-order valence-corrected chi connectivity index (χ4v) is 2.07. The van der Waals surface area contributed by atoms with Crippen molar-refractivity contribution in [2.45, 2.75) is 39.8 Å². The molecule has 0 radical (unpaired) electrons. The Balaban J connectivity index is 2.21. The number of nitrogens with one attached hydrogen (secondary N) is 1. The summed E-state index contributed by atoms with van der Waals surface area (Å²) < 4.78 is 0. The zero-order chi connectivity index (χ0) is 11.3. The number of nitrogens with two attached hydrogens (primary N) is 1. The lowest BCUT2D eigenvalue weighted by Crippen LogP contribution is -2.38. The molecule has 2 unspecified atom stereocenters. The van der Waals surface area contributed by atoms with Crippen LogP contribution in [0.1, 0.15) is 31.0 Å². The standard InChI is InChI=1S/C11H21N3S/c1-4-8(2)10(12)5-13-6-11-14-9(3)7-15-11/h7-8,10,13H,4-6,12H2,1-3H3. The molecule has 0 bridgehead atoms. The maximum atomic E-state index is 6.02.